The van der Waals surface area contributed by atoms with Gasteiger partial charge in [-0.3, -0.25) is 0 Å². The molecule has 0 aromatic heterocycles. The Morgan fingerprint density at radius 2 is 2.00 bits per heavy atom. The Hall–Kier alpha value is -1.20. The van der Waals surface area contributed by atoms with Gasteiger partial charge in [0, 0.05) is 0 Å². The molecule has 1 atom stereocenters. The second-order valence-electron chi connectivity index (χ2n) is 4.18. The maximum Gasteiger partial charge on any atom is 0.379 e. The number of ether oxygens (including phenoxy) is 1. The molecule has 1 aromatic rings. The van der Waals surface area contributed by atoms with Crippen LogP contribution < -0.4 is 5.73 Å². The molecular weight excluding hydrogens is 276 g/mol. The van der Waals surface area contributed by atoms with E-state index >= 15 is 0 Å². The minimum atomic E-state index is -3.73. The standard InChI is InChI=1S/C13H17F2NO2.ClH/c1-4-18-12(17)13(14,15)11(16)10-6-5-8(2)7-9(10)3;/h5-7,11H,4,16H2,1-3H3;1H/t11-;/m1./s1. The van der Waals surface area contributed by atoms with Crippen molar-refractivity contribution >= 4 is 18.4 Å². The summed E-state index contributed by atoms with van der Waals surface area (Å²) >= 11 is 0. The second-order valence-corrected chi connectivity index (χ2v) is 4.18. The van der Waals surface area contributed by atoms with E-state index in [1.54, 1.807) is 19.1 Å². The predicted octanol–water partition coefficient (Wildman–Crippen LogP) is 2.92. The van der Waals surface area contributed by atoms with Gasteiger partial charge in [-0.2, -0.15) is 8.78 Å². The van der Waals surface area contributed by atoms with Gasteiger partial charge >= 0.3 is 11.9 Å². The van der Waals surface area contributed by atoms with Crippen molar-refractivity contribution in [3.05, 3.63) is 34.9 Å². The normalized spacial score (nSPS) is 12.5. The maximum absolute atomic E-state index is 13.8. The smallest absolute Gasteiger partial charge is 0.379 e. The summed E-state index contributed by atoms with van der Waals surface area (Å²) in [6.07, 6.45) is 0. The third-order valence-corrected chi connectivity index (χ3v) is 2.70. The van der Waals surface area contributed by atoms with Gasteiger partial charge in [-0.1, -0.05) is 23.8 Å². The monoisotopic (exact) mass is 293 g/mol. The molecule has 108 valence electrons. The van der Waals surface area contributed by atoms with E-state index in [-0.39, 0.29) is 24.6 Å². The number of alkyl halides is 2. The number of hydrogen-bond acceptors (Lipinski definition) is 3. The summed E-state index contributed by atoms with van der Waals surface area (Å²) in [6.45, 7) is 4.90. The van der Waals surface area contributed by atoms with E-state index in [2.05, 4.69) is 4.74 Å². The van der Waals surface area contributed by atoms with E-state index in [4.69, 9.17) is 5.73 Å². The zero-order valence-corrected chi connectivity index (χ0v) is 11.9. The zero-order valence-electron chi connectivity index (χ0n) is 11.1. The average molecular weight is 294 g/mol. The molecule has 1 aromatic carbocycles. The Balaban J connectivity index is 0.00000324. The molecule has 19 heavy (non-hydrogen) atoms. The molecular formula is C13H18ClF2NO2. The first-order valence-electron chi connectivity index (χ1n) is 5.68. The first-order valence-corrected chi connectivity index (χ1v) is 5.68. The van der Waals surface area contributed by atoms with Crippen LogP contribution in [0.1, 0.15) is 29.7 Å². The SMILES string of the molecule is CCOC(=O)C(F)(F)[C@H](N)c1ccc(C)cc1C.Cl. The quantitative estimate of drug-likeness (QED) is 0.869. The van der Waals surface area contributed by atoms with Crippen LogP contribution in [0.3, 0.4) is 0 Å². The average Bonchev–Trinajstić information content (AvgIpc) is 2.28. The summed E-state index contributed by atoms with van der Waals surface area (Å²) in [5.41, 5.74) is 7.33. The highest BCUT2D eigenvalue weighted by Gasteiger charge is 2.48. The number of hydrogen-bond donors (Lipinski definition) is 1. The lowest BCUT2D eigenvalue weighted by molar-refractivity contribution is -0.174. The van der Waals surface area contributed by atoms with Crippen molar-refractivity contribution in [2.24, 2.45) is 5.73 Å². The zero-order chi connectivity index (χ0) is 13.9. The first kappa shape index (κ1) is 17.8. The van der Waals surface area contributed by atoms with E-state index in [0.29, 0.717) is 5.56 Å². The molecule has 0 aliphatic heterocycles. The molecule has 3 nitrogen and oxygen atoms in total. The van der Waals surface area contributed by atoms with Crippen molar-refractivity contribution in [3.63, 3.8) is 0 Å². The fraction of sp³-hybridized carbons (Fsp3) is 0.462. The summed E-state index contributed by atoms with van der Waals surface area (Å²) < 4.78 is 31.9. The lowest BCUT2D eigenvalue weighted by Crippen LogP contribution is -2.42. The number of carbonyl (C=O) groups excluding carboxylic acids is 1. The molecule has 0 unspecified atom stereocenters. The number of nitrogens with two attached hydrogens (primary N) is 1. The van der Waals surface area contributed by atoms with Gasteiger partial charge in [-0.25, -0.2) is 4.79 Å². The van der Waals surface area contributed by atoms with Gasteiger partial charge in [0.2, 0.25) is 0 Å². The summed E-state index contributed by atoms with van der Waals surface area (Å²) in [7, 11) is 0. The topological polar surface area (TPSA) is 52.3 Å². The van der Waals surface area contributed by atoms with Crippen molar-refractivity contribution in [1.82, 2.24) is 0 Å². The van der Waals surface area contributed by atoms with E-state index in [0.717, 1.165) is 5.56 Å². The molecule has 0 aliphatic rings. The second kappa shape index (κ2) is 6.82. The van der Waals surface area contributed by atoms with Crippen molar-refractivity contribution < 1.29 is 18.3 Å². The molecule has 0 amide bonds. The summed E-state index contributed by atoms with van der Waals surface area (Å²) in [5.74, 6) is -5.31. The molecule has 2 N–H and O–H groups in total. The highest BCUT2D eigenvalue weighted by atomic mass is 35.5. The summed E-state index contributed by atoms with van der Waals surface area (Å²) in [4.78, 5) is 11.2. The molecule has 0 spiro atoms. The van der Waals surface area contributed by atoms with E-state index in [1.165, 1.54) is 13.0 Å². The number of halogens is 3. The Labute approximate surface area is 117 Å². The van der Waals surface area contributed by atoms with Gasteiger partial charge in [0.25, 0.3) is 0 Å². The van der Waals surface area contributed by atoms with E-state index in [9.17, 15) is 13.6 Å². The van der Waals surface area contributed by atoms with Gasteiger partial charge < -0.3 is 10.5 Å². The van der Waals surface area contributed by atoms with Crippen LogP contribution in [0.2, 0.25) is 0 Å². The van der Waals surface area contributed by atoms with Crippen LogP contribution in [0, 0.1) is 13.8 Å². The fourth-order valence-corrected chi connectivity index (χ4v) is 1.72. The third-order valence-electron chi connectivity index (χ3n) is 2.70. The molecule has 0 aliphatic carbocycles. The van der Waals surface area contributed by atoms with Gasteiger partial charge in [0.15, 0.2) is 0 Å². The molecule has 6 heteroatoms. The number of aryl methyl sites for hydroxylation is 2. The van der Waals surface area contributed by atoms with Crippen LogP contribution in [0.5, 0.6) is 0 Å². The lowest BCUT2D eigenvalue weighted by atomic mass is 9.95. The molecule has 0 radical (unpaired) electrons. The Morgan fingerprint density at radius 3 is 2.47 bits per heavy atom. The highest BCUT2D eigenvalue weighted by Crippen LogP contribution is 2.32. The molecule has 0 fully saturated rings. The van der Waals surface area contributed by atoms with Crippen LogP contribution in [0.25, 0.3) is 0 Å². The molecule has 0 saturated heterocycles. The van der Waals surface area contributed by atoms with Gasteiger partial charge in [-0.05, 0) is 31.9 Å². The molecule has 1 rings (SSSR count). The minimum Gasteiger partial charge on any atom is -0.462 e. The lowest BCUT2D eigenvalue weighted by Gasteiger charge is -2.23. The maximum atomic E-state index is 13.8. The largest absolute Gasteiger partial charge is 0.462 e. The van der Waals surface area contributed by atoms with Crippen molar-refractivity contribution in [3.8, 4) is 0 Å². The summed E-state index contributed by atoms with van der Waals surface area (Å²) in [6, 6.07) is 3.25. The first-order chi connectivity index (χ1) is 8.30. The van der Waals surface area contributed by atoms with Crippen LogP contribution >= 0.6 is 12.4 Å². The Bertz CT molecular complexity index is 452. The van der Waals surface area contributed by atoms with Crippen LogP contribution in [-0.4, -0.2) is 18.5 Å². The minimum absolute atomic E-state index is 0. The van der Waals surface area contributed by atoms with Crippen LogP contribution in [0.4, 0.5) is 8.78 Å². The Morgan fingerprint density at radius 1 is 1.42 bits per heavy atom. The third kappa shape index (κ3) is 3.88. The number of carbonyl (C=O) groups is 1. The van der Waals surface area contributed by atoms with Crippen molar-refractivity contribution in [2.45, 2.75) is 32.7 Å². The molecule has 0 bridgehead atoms. The summed E-state index contributed by atoms with van der Waals surface area (Å²) in [5, 5.41) is 0. The number of esters is 1. The van der Waals surface area contributed by atoms with Crippen LogP contribution in [0.15, 0.2) is 18.2 Å². The fourth-order valence-electron chi connectivity index (χ4n) is 1.72. The Kier molecular flexibility index (Phi) is 6.39. The van der Waals surface area contributed by atoms with E-state index in [1.807, 2.05) is 6.92 Å². The molecule has 0 heterocycles. The van der Waals surface area contributed by atoms with Crippen molar-refractivity contribution in [2.75, 3.05) is 6.61 Å². The molecule has 0 saturated carbocycles. The number of rotatable bonds is 4. The van der Waals surface area contributed by atoms with Gasteiger partial charge in [-0.15, -0.1) is 12.4 Å². The highest BCUT2D eigenvalue weighted by molar-refractivity contribution is 5.85. The van der Waals surface area contributed by atoms with E-state index < -0.39 is 17.9 Å². The number of benzene rings is 1. The predicted molar refractivity (Wildman–Crippen MR) is 71.7 cm³/mol. The van der Waals surface area contributed by atoms with Crippen molar-refractivity contribution in [1.29, 1.82) is 0 Å². The van der Waals surface area contributed by atoms with Gasteiger partial charge in [0.1, 0.15) is 6.04 Å². The van der Waals surface area contributed by atoms with Crippen LogP contribution in [-0.2, 0) is 9.53 Å². The van der Waals surface area contributed by atoms with Gasteiger partial charge in [0.05, 0.1) is 6.61 Å².